The first-order valence-electron chi connectivity index (χ1n) is 5.47. The molecule has 1 unspecified atom stereocenters. The topological polar surface area (TPSA) is 43.4 Å². The molecule has 0 spiro atoms. The second-order valence-corrected chi connectivity index (χ2v) is 5.00. The van der Waals surface area contributed by atoms with Crippen LogP contribution >= 0.6 is 0 Å². The van der Waals surface area contributed by atoms with Gasteiger partial charge >= 0.3 is 5.97 Å². The summed E-state index contributed by atoms with van der Waals surface area (Å²) in [5.74, 6) is -1.05. The van der Waals surface area contributed by atoms with Crippen LogP contribution in [-0.4, -0.2) is 18.4 Å². The fraction of sp³-hybridized carbons (Fsp3) is 0.833. The van der Waals surface area contributed by atoms with Crippen LogP contribution in [0.3, 0.4) is 0 Å². The molecular weight excluding hydrogens is 192 g/mol. The normalized spacial score (nSPS) is 13.4. The molecule has 1 atom stereocenters. The van der Waals surface area contributed by atoms with Crippen molar-refractivity contribution in [3.05, 3.63) is 0 Å². The third-order valence-electron chi connectivity index (χ3n) is 2.24. The van der Waals surface area contributed by atoms with Crippen molar-refractivity contribution in [3.63, 3.8) is 0 Å². The first-order chi connectivity index (χ1) is 6.78. The molecule has 88 valence electrons. The summed E-state index contributed by atoms with van der Waals surface area (Å²) in [4.78, 5) is 22.9. The summed E-state index contributed by atoms with van der Waals surface area (Å²) in [6, 6.07) is 0. The van der Waals surface area contributed by atoms with Crippen molar-refractivity contribution < 1.29 is 14.3 Å². The van der Waals surface area contributed by atoms with Gasteiger partial charge in [0.15, 0.2) is 0 Å². The van der Waals surface area contributed by atoms with E-state index in [0.717, 1.165) is 6.42 Å². The highest BCUT2D eigenvalue weighted by Gasteiger charge is 2.23. The van der Waals surface area contributed by atoms with Crippen molar-refractivity contribution in [1.82, 2.24) is 0 Å². The summed E-state index contributed by atoms with van der Waals surface area (Å²) in [6.07, 6.45) is 1.25. The lowest BCUT2D eigenvalue weighted by atomic mass is 9.87. The Kier molecular flexibility index (Phi) is 5.55. The second-order valence-electron chi connectivity index (χ2n) is 5.00. The Morgan fingerprint density at radius 1 is 1.27 bits per heavy atom. The van der Waals surface area contributed by atoms with Crippen LogP contribution in [0.2, 0.25) is 0 Å². The van der Waals surface area contributed by atoms with Gasteiger partial charge in [-0.2, -0.15) is 0 Å². The lowest BCUT2D eigenvalue weighted by Gasteiger charge is -2.18. The first-order valence-corrected chi connectivity index (χ1v) is 5.47. The van der Waals surface area contributed by atoms with Crippen molar-refractivity contribution in [3.8, 4) is 0 Å². The van der Waals surface area contributed by atoms with Crippen LogP contribution in [-0.2, 0) is 14.3 Å². The molecule has 0 heterocycles. The number of hydrogen-bond acceptors (Lipinski definition) is 3. The predicted octanol–water partition coefficient (Wildman–Crippen LogP) is 2.58. The van der Waals surface area contributed by atoms with E-state index in [1.165, 1.54) is 0 Å². The van der Waals surface area contributed by atoms with E-state index >= 15 is 0 Å². The van der Waals surface area contributed by atoms with Gasteiger partial charge in [0, 0.05) is 6.42 Å². The number of rotatable bonds is 5. The first kappa shape index (κ1) is 14.1. The Hall–Kier alpha value is -0.860. The number of carbonyl (C=O) groups excluding carboxylic acids is 2. The van der Waals surface area contributed by atoms with Gasteiger partial charge in [0.05, 0.1) is 6.61 Å². The summed E-state index contributed by atoms with van der Waals surface area (Å²) < 4.78 is 4.80. The van der Waals surface area contributed by atoms with Gasteiger partial charge in [0.25, 0.3) is 0 Å². The molecule has 0 aromatic rings. The summed E-state index contributed by atoms with van der Waals surface area (Å²) in [5.41, 5.74) is 0.129. The molecule has 0 aliphatic heterocycles. The quantitative estimate of drug-likeness (QED) is 0.522. The Labute approximate surface area is 92.2 Å². The predicted molar refractivity (Wildman–Crippen MR) is 59.5 cm³/mol. The summed E-state index contributed by atoms with van der Waals surface area (Å²) >= 11 is 0. The van der Waals surface area contributed by atoms with Gasteiger partial charge in [-0.05, 0) is 25.7 Å². The molecule has 0 radical (unpaired) electrons. The monoisotopic (exact) mass is 214 g/mol. The molecule has 3 heteroatoms. The second kappa shape index (κ2) is 5.89. The van der Waals surface area contributed by atoms with Crippen molar-refractivity contribution in [2.75, 3.05) is 6.61 Å². The molecule has 0 amide bonds. The van der Waals surface area contributed by atoms with E-state index in [0.29, 0.717) is 13.0 Å². The standard InChI is InChI=1S/C12H22O3/c1-6-15-11(14)9(2)10(13)7-8-12(3,4)5/h9H,6-8H2,1-5H3. The number of esters is 1. The van der Waals surface area contributed by atoms with E-state index in [9.17, 15) is 9.59 Å². The van der Waals surface area contributed by atoms with Gasteiger partial charge in [-0.3, -0.25) is 9.59 Å². The molecule has 0 rings (SSSR count). The van der Waals surface area contributed by atoms with Gasteiger partial charge in [-0.1, -0.05) is 20.8 Å². The third-order valence-corrected chi connectivity index (χ3v) is 2.24. The summed E-state index contributed by atoms with van der Waals surface area (Å²) in [6.45, 7) is 9.92. The van der Waals surface area contributed by atoms with Gasteiger partial charge in [-0.25, -0.2) is 0 Å². The number of ether oxygens (including phenoxy) is 1. The van der Waals surface area contributed by atoms with E-state index in [2.05, 4.69) is 20.8 Å². The lowest BCUT2D eigenvalue weighted by Crippen LogP contribution is -2.24. The highest BCUT2D eigenvalue weighted by molar-refractivity contribution is 5.98. The van der Waals surface area contributed by atoms with Crippen molar-refractivity contribution >= 4 is 11.8 Å². The fourth-order valence-corrected chi connectivity index (χ4v) is 1.11. The number of ketones is 1. The van der Waals surface area contributed by atoms with E-state index in [1.54, 1.807) is 13.8 Å². The number of carbonyl (C=O) groups is 2. The maximum absolute atomic E-state index is 11.6. The number of Topliss-reactive ketones (excluding diaryl/α,β-unsaturated/α-hetero) is 1. The minimum atomic E-state index is -0.618. The van der Waals surface area contributed by atoms with Crippen molar-refractivity contribution in [2.24, 2.45) is 11.3 Å². The minimum Gasteiger partial charge on any atom is -0.465 e. The highest BCUT2D eigenvalue weighted by atomic mass is 16.5. The minimum absolute atomic E-state index is 0.0247. The molecule has 15 heavy (non-hydrogen) atoms. The van der Waals surface area contributed by atoms with Crippen LogP contribution in [0.15, 0.2) is 0 Å². The molecule has 0 fully saturated rings. The molecule has 0 aromatic carbocycles. The van der Waals surface area contributed by atoms with Crippen molar-refractivity contribution in [1.29, 1.82) is 0 Å². The highest BCUT2D eigenvalue weighted by Crippen LogP contribution is 2.22. The Morgan fingerprint density at radius 2 is 1.80 bits per heavy atom. The third kappa shape index (κ3) is 6.26. The van der Waals surface area contributed by atoms with E-state index in [1.807, 2.05) is 0 Å². The molecule has 0 saturated heterocycles. The summed E-state index contributed by atoms with van der Waals surface area (Å²) in [5, 5.41) is 0. The van der Waals surface area contributed by atoms with E-state index in [-0.39, 0.29) is 11.2 Å². The van der Waals surface area contributed by atoms with E-state index < -0.39 is 11.9 Å². The molecule has 0 aromatic heterocycles. The van der Waals surface area contributed by atoms with Gasteiger partial charge < -0.3 is 4.74 Å². The van der Waals surface area contributed by atoms with Crippen LogP contribution in [0, 0.1) is 11.3 Å². The fourth-order valence-electron chi connectivity index (χ4n) is 1.11. The van der Waals surface area contributed by atoms with Crippen LogP contribution < -0.4 is 0 Å². The van der Waals surface area contributed by atoms with Crippen LogP contribution in [0.25, 0.3) is 0 Å². The molecule has 3 nitrogen and oxygen atoms in total. The van der Waals surface area contributed by atoms with E-state index in [4.69, 9.17) is 4.74 Å². The largest absolute Gasteiger partial charge is 0.465 e. The van der Waals surface area contributed by atoms with Gasteiger partial charge in [-0.15, -0.1) is 0 Å². The molecule has 0 aliphatic carbocycles. The molecule has 0 bridgehead atoms. The maximum Gasteiger partial charge on any atom is 0.316 e. The average Bonchev–Trinajstić information content (AvgIpc) is 2.12. The van der Waals surface area contributed by atoms with Crippen LogP contribution in [0.1, 0.15) is 47.5 Å². The Bertz CT molecular complexity index is 226. The Morgan fingerprint density at radius 3 is 2.20 bits per heavy atom. The Balaban J connectivity index is 4.05. The molecular formula is C12H22O3. The maximum atomic E-state index is 11.6. The smallest absolute Gasteiger partial charge is 0.316 e. The summed E-state index contributed by atoms with van der Waals surface area (Å²) in [7, 11) is 0. The molecule has 0 aliphatic rings. The van der Waals surface area contributed by atoms with Crippen LogP contribution in [0.5, 0.6) is 0 Å². The average molecular weight is 214 g/mol. The van der Waals surface area contributed by atoms with Crippen LogP contribution in [0.4, 0.5) is 0 Å². The lowest BCUT2D eigenvalue weighted by molar-refractivity contribution is -0.150. The van der Waals surface area contributed by atoms with Gasteiger partial charge in [0.1, 0.15) is 11.7 Å². The number of hydrogen-bond donors (Lipinski definition) is 0. The zero-order valence-electron chi connectivity index (χ0n) is 10.4. The van der Waals surface area contributed by atoms with Gasteiger partial charge in [0.2, 0.25) is 0 Å². The van der Waals surface area contributed by atoms with Crippen molar-refractivity contribution in [2.45, 2.75) is 47.5 Å². The SMILES string of the molecule is CCOC(=O)C(C)C(=O)CCC(C)(C)C. The molecule has 0 N–H and O–H groups in total. The zero-order chi connectivity index (χ0) is 12.1. The zero-order valence-corrected chi connectivity index (χ0v) is 10.4. The molecule has 0 saturated carbocycles.